The molecular weight excluding hydrogens is 607 g/mol. The van der Waals surface area contributed by atoms with Gasteiger partial charge in [-0.2, -0.15) is 0 Å². The second-order valence-corrected chi connectivity index (χ2v) is 19.7. The molecule has 0 aromatic rings. The number of hydrogen-bond donors (Lipinski definition) is 1. The highest BCUT2D eigenvalue weighted by atomic mass is 32.2. The Bertz CT molecular complexity index is 1100. The number of alkyl carbamates (subject to hydrolysis) is 1. The minimum absolute atomic E-state index is 0.0964. The van der Waals surface area contributed by atoms with E-state index in [1.807, 2.05) is 34.6 Å². The van der Waals surface area contributed by atoms with Crippen molar-refractivity contribution in [2.24, 2.45) is 46.3 Å². The fraction of sp³-hybridized carbons (Fsp3) is 0.900. The molecule has 1 amide bonds. The van der Waals surface area contributed by atoms with Crippen molar-refractivity contribution >= 4 is 24.1 Å². The largest absolute Gasteiger partial charge is 0.446 e. The Kier molecular flexibility index (Phi) is 13.0. The van der Waals surface area contributed by atoms with Gasteiger partial charge in [0.2, 0.25) is 0 Å². The zero-order chi connectivity index (χ0) is 34.6. The lowest BCUT2D eigenvalue weighted by molar-refractivity contribution is -0.133. The first-order valence-electron chi connectivity index (χ1n) is 19.1. The lowest BCUT2D eigenvalue weighted by atomic mass is 9.47. The van der Waals surface area contributed by atoms with Crippen LogP contribution in [0.4, 0.5) is 4.79 Å². The number of carbonyl (C=O) groups is 2. The molecule has 0 aliphatic heterocycles. The van der Waals surface area contributed by atoms with E-state index in [4.69, 9.17) is 13.7 Å². The van der Waals surface area contributed by atoms with E-state index in [9.17, 15) is 9.59 Å². The van der Waals surface area contributed by atoms with Crippen molar-refractivity contribution in [3.05, 3.63) is 11.6 Å². The highest BCUT2D eigenvalue weighted by Crippen LogP contribution is 2.67. The monoisotopic (exact) mass is 675 g/mol. The topological polar surface area (TPSA) is 73.9 Å². The third-order valence-electron chi connectivity index (χ3n) is 12.7. The molecule has 3 saturated carbocycles. The highest BCUT2D eigenvalue weighted by Gasteiger charge is 2.59. The average Bonchev–Trinajstić information content (AvgIpc) is 3.32. The van der Waals surface area contributed by atoms with Gasteiger partial charge in [0.1, 0.15) is 6.10 Å². The van der Waals surface area contributed by atoms with Gasteiger partial charge >= 0.3 is 12.1 Å². The number of ether oxygens (including phenoxy) is 2. The molecule has 7 heteroatoms. The molecule has 0 bridgehead atoms. The molecule has 270 valence electrons. The summed E-state index contributed by atoms with van der Waals surface area (Å²) in [6, 6.07) is 0. The van der Waals surface area contributed by atoms with Gasteiger partial charge in [-0.25, -0.2) is 4.79 Å². The van der Waals surface area contributed by atoms with Crippen molar-refractivity contribution in [3.8, 4) is 0 Å². The van der Waals surface area contributed by atoms with E-state index in [1.54, 1.807) is 0 Å². The van der Waals surface area contributed by atoms with Crippen molar-refractivity contribution in [1.82, 2.24) is 5.32 Å². The molecule has 0 aromatic heterocycles. The second kappa shape index (κ2) is 15.8. The molecule has 0 radical (unpaired) electrons. The number of rotatable bonds is 14. The van der Waals surface area contributed by atoms with Gasteiger partial charge in [0.15, 0.2) is 0 Å². The molecular formula is C40H69NO5S. The predicted molar refractivity (Wildman–Crippen MR) is 194 cm³/mol. The van der Waals surface area contributed by atoms with Crippen molar-refractivity contribution in [3.63, 3.8) is 0 Å². The Morgan fingerprint density at radius 2 is 1.74 bits per heavy atom. The Labute approximate surface area is 292 Å². The van der Waals surface area contributed by atoms with Crippen molar-refractivity contribution in [2.75, 3.05) is 13.2 Å². The van der Waals surface area contributed by atoms with Gasteiger partial charge in [-0.1, -0.05) is 65.5 Å². The molecule has 4 aliphatic rings. The Hall–Kier alpha value is -1.21. The van der Waals surface area contributed by atoms with Gasteiger partial charge in [0.05, 0.1) is 28.8 Å². The maximum atomic E-state index is 12.7. The van der Waals surface area contributed by atoms with Crippen LogP contribution in [0.15, 0.2) is 11.6 Å². The van der Waals surface area contributed by atoms with Gasteiger partial charge < -0.3 is 19.0 Å². The SMILES string of the molecule is CC(C)CCCC(C)C1CCC2C3CC=C4CC(OC(=O)NCCC(=O)OSC(C)(C)CCOC(C)(C)C)CCC4(C)C3CCC12C. The zero-order valence-electron chi connectivity index (χ0n) is 31.7. The van der Waals surface area contributed by atoms with Crippen LogP contribution < -0.4 is 5.32 Å². The fourth-order valence-electron chi connectivity index (χ4n) is 10.1. The quantitative estimate of drug-likeness (QED) is 0.146. The van der Waals surface area contributed by atoms with Crippen LogP contribution in [0, 0.1) is 46.3 Å². The molecule has 3 fully saturated rings. The van der Waals surface area contributed by atoms with Crippen molar-refractivity contribution < 1.29 is 23.2 Å². The zero-order valence-corrected chi connectivity index (χ0v) is 32.5. The van der Waals surface area contributed by atoms with Crippen LogP contribution >= 0.6 is 12.0 Å². The minimum Gasteiger partial charge on any atom is -0.446 e. The molecule has 4 aliphatic carbocycles. The van der Waals surface area contributed by atoms with E-state index in [-0.39, 0.29) is 40.8 Å². The third kappa shape index (κ3) is 9.95. The Morgan fingerprint density at radius 3 is 2.45 bits per heavy atom. The maximum absolute atomic E-state index is 12.7. The fourth-order valence-corrected chi connectivity index (χ4v) is 10.6. The summed E-state index contributed by atoms with van der Waals surface area (Å²) in [5, 5.41) is 2.79. The maximum Gasteiger partial charge on any atom is 0.407 e. The minimum atomic E-state index is -0.430. The lowest BCUT2D eigenvalue weighted by Crippen LogP contribution is -2.51. The number of carbonyl (C=O) groups excluding carboxylic acids is 2. The first-order chi connectivity index (χ1) is 21.9. The lowest BCUT2D eigenvalue weighted by Gasteiger charge is -2.58. The molecule has 0 saturated heterocycles. The van der Waals surface area contributed by atoms with Crippen LogP contribution in [0.5, 0.6) is 0 Å². The number of amides is 1. The van der Waals surface area contributed by atoms with Gasteiger partial charge in [0.25, 0.3) is 0 Å². The molecule has 6 nitrogen and oxygen atoms in total. The second-order valence-electron chi connectivity index (χ2n) is 18.2. The number of hydrogen-bond acceptors (Lipinski definition) is 6. The smallest absolute Gasteiger partial charge is 0.407 e. The first-order valence-corrected chi connectivity index (χ1v) is 19.8. The highest BCUT2D eigenvalue weighted by molar-refractivity contribution is 7.96. The molecule has 4 rings (SSSR count). The number of nitrogens with one attached hydrogen (secondary N) is 1. The number of allylic oxidation sites excluding steroid dienone is 1. The van der Waals surface area contributed by atoms with Gasteiger partial charge in [-0.15, -0.1) is 0 Å². The molecule has 0 aromatic carbocycles. The van der Waals surface area contributed by atoms with Crippen LogP contribution in [-0.4, -0.2) is 41.7 Å². The summed E-state index contributed by atoms with van der Waals surface area (Å²) in [6.45, 7) is 23.4. The van der Waals surface area contributed by atoms with Crippen LogP contribution in [0.25, 0.3) is 0 Å². The molecule has 0 heterocycles. The molecule has 8 atom stereocenters. The van der Waals surface area contributed by atoms with Gasteiger partial charge in [0, 0.05) is 19.6 Å². The standard InChI is InChI=1S/C40H69NO5S/c1-27(2)12-11-13-28(3)32-16-17-33-31-15-14-29-26-30(18-21-39(29,9)34(31)19-22-40(32,33)10)45-36(43)41-24-20-35(42)46-47-38(7,8)23-25-44-37(4,5)6/h14,27-28,30-34H,11-13,15-26H2,1-10H3,(H,41,43). The van der Waals surface area contributed by atoms with Crippen LogP contribution in [0.1, 0.15) is 153 Å². The number of fused-ring (bicyclic) bond motifs is 5. The van der Waals surface area contributed by atoms with Gasteiger partial charge in [-0.3, -0.25) is 4.79 Å². The van der Waals surface area contributed by atoms with Crippen molar-refractivity contribution in [2.45, 2.75) is 169 Å². The first kappa shape index (κ1) is 38.6. The van der Waals surface area contributed by atoms with E-state index >= 15 is 0 Å². The van der Waals surface area contributed by atoms with Crippen LogP contribution in [-0.2, 0) is 18.5 Å². The van der Waals surface area contributed by atoms with E-state index in [2.05, 4.69) is 46.0 Å². The van der Waals surface area contributed by atoms with Crippen molar-refractivity contribution in [1.29, 1.82) is 0 Å². The molecule has 8 unspecified atom stereocenters. The van der Waals surface area contributed by atoms with E-state index in [0.29, 0.717) is 12.0 Å². The average molecular weight is 676 g/mol. The summed E-state index contributed by atoms with van der Waals surface area (Å²) in [7, 11) is 0. The molecule has 0 spiro atoms. The van der Waals surface area contributed by atoms with Gasteiger partial charge in [-0.05, 0) is 132 Å². The van der Waals surface area contributed by atoms with E-state index in [1.165, 1.54) is 69.0 Å². The summed E-state index contributed by atoms with van der Waals surface area (Å²) < 4.78 is 16.9. The Balaban J connectivity index is 1.21. The molecule has 1 N–H and O–H groups in total. The summed E-state index contributed by atoms with van der Waals surface area (Å²) >= 11 is 1.17. The Morgan fingerprint density at radius 1 is 1.00 bits per heavy atom. The van der Waals surface area contributed by atoms with E-state index in [0.717, 1.165) is 61.2 Å². The predicted octanol–water partition coefficient (Wildman–Crippen LogP) is 10.7. The summed E-state index contributed by atoms with van der Waals surface area (Å²) in [5.74, 6) is 4.60. The summed E-state index contributed by atoms with van der Waals surface area (Å²) in [4.78, 5) is 25.0. The normalized spacial score (nSPS) is 32.9. The van der Waals surface area contributed by atoms with E-state index < -0.39 is 6.09 Å². The summed E-state index contributed by atoms with van der Waals surface area (Å²) in [6.07, 6.45) is 16.7. The van der Waals surface area contributed by atoms with Crippen LogP contribution in [0.3, 0.4) is 0 Å². The van der Waals surface area contributed by atoms with Crippen LogP contribution in [0.2, 0.25) is 0 Å². The summed E-state index contributed by atoms with van der Waals surface area (Å²) in [5.41, 5.74) is 2.07. The molecule has 47 heavy (non-hydrogen) atoms. The third-order valence-corrected chi connectivity index (χ3v) is 13.7.